The lowest BCUT2D eigenvalue weighted by Gasteiger charge is -2.31. The van der Waals surface area contributed by atoms with Gasteiger partial charge in [0.1, 0.15) is 0 Å². The third-order valence-electron chi connectivity index (χ3n) is 3.94. The fourth-order valence-electron chi connectivity index (χ4n) is 2.58. The van der Waals surface area contributed by atoms with Crippen LogP contribution in [0.15, 0.2) is 10.6 Å². The summed E-state index contributed by atoms with van der Waals surface area (Å²) in [5.74, 6) is -0.295. The molecule has 1 amide bonds. The van der Waals surface area contributed by atoms with Crippen LogP contribution >= 0.6 is 0 Å². The normalized spacial score (nSPS) is 16.4. The fraction of sp³-hybridized carbons (Fsp3) is 0.667. The maximum atomic E-state index is 12.1. The molecule has 0 spiro atoms. The summed E-state index contributed by atoms with van der Waals surface area (Å²) in [5.41, 5.74) is 0.682. The van der Waals surface area contributed by atoms with E-state index in [0.717, 1.165) is 19.3 Å². The fourth-order valence-corrected chi connectivity index (χ4v) is 2.58. The van der Waals surface area contributed by atoms with Crippen LogP contribution in [0.5, 0.6) is 0 Å². The average Bonchev–Trinajstić information content (AvgIpc) is 2.95. The van der Waals surface area contributed by atoms with Gasteiger partial charge in [0.25, 0.3) is 0 Å². The molecule has 6 nitrogen and oxygen atoms in total. The highest BCUT2D eigenvalue weighted by atomic mass is 16.5. The van der Waals surface area contributed by atoms with Crippen LogP contribution in [0, 0.1) is 5.92 Å². The summed E-state index contributed by atoms with van der Waals surface area (Å²) in [6.45, 7) is 5.64. The molecule has 1 aliphatic heterocycles. The van der Waals surface area contributed by atoms with E-state index in [9.17, 15) is 9.59 Å². The van der Waals surface area contributed by atoms with Crippen LogP contribution in [0.4, 0.5) is 0 Å². The Kier molecular flexibility index (Phi) is 4.98. The molecule has 116 valence electrons. The summed E-state index contributed by atoms with van der Waals surface area (Å²) in [6, 6.07) is 1.49. The monoisotopic (exact) mass is 294 g/mol. The maximum Gasteiger partial charge on any atom is 0.374 e. The van der Waals surface area contributed by atoms with Crippen molar-refractivity contribution in [2.45, 2.75) is 45.4 Å². The van der Waals surface area contributed by atoms with Gasteiger partial charge in [-0.3, -0.25) is 4.79 Å². The minimum atomic E-state index is -1.10. The van der Waals surface area contributed by atoms with Crippen molar-refractivity contribution in [2.75, 3.05) is 13.1 Å². The van der Waals surface area contributed by atoms with Crippen LogP contribution in [0.3, 0.4) is 0 Å². The van der Waals surface area contributed by atoms with Crippen molar-refractivity contribution < 1.29 is 19.2 Å². The highest BCUT2D eigenvalue weighted by Crippen LogP contribution is 2.28. The molecule has 1 saturated heterocycles. The standard InChI is InChI=1S/C15H22N2O4/c1-10(2)3-4-14(18)17-7-5-11(6-8-17)12-9-13(15(19)20)21-16-12/h9-11H,3-8H2,1-2H3,(H,19,20). The Morgan fingerprint density at radius 2 is 2.10 bits per heavy atom. The van der Waals surface area contributed by atoms with Crippen LogP contribution in [0.1, 0.15) is 61.7 Å². The highest BCUT2D eigenvalue weighted by molar-refractivity contribution is 5.84. The number of nitrogens with zero attached hydrogens (tertiary/aromatic N) is 2. The molecule has 2 heterocycles. The Hall–Kier alpha value is -1.85. The molecule has 0 bridgehead atoms. The average molecular weight is 294 g/mol. The van der Waals surface area contributed by atoms with E-state index in [2.05, 4.69) is 19.0 Å². The summed E-state index contributed by atoms with van der Waals surface area (Å²) in [6.07, 6.45) is 3.14. The predicted molar refractivity (Wildman–Crippen MR) is 76.1 cm³/mol. The lowest BCUT2D eigenvalue weighted by Crippen LogP contribution is -2.38. The first-order valence-electron chi connectivity index (χ1n) is 7.45. The largest absolute Gasteiger partial charge is 0.475 e. The van der Waals surface area contributed by atoms with Crippen LogP contribution < -0.4 is 0 Å². The molecule has 0 saturated carbocycles. The molecule has 1 aromatic rings. The number of aromatic carboxylic acids is 1. The Balaban J connectivity index is 1.85. The molecule has 1 N–H and O–H groups in total. The number of carbonyl (C=O) groups excluding carboxylic acids is 1. The van der Waals surface area contributed by atoms with Gasteiger partial charge >= 0.3 is 5.97 Å². The Morgan fingerprint density at radius 1 is 1.43 bits per heavy atom. The van der Waals surface area contributed by atoms with Crippen molar-refractivity contribution in [3.8, 4) is 0 Å². The Morgan fingerprint density at radius 3 is 2.62 bits per heavy atom. The number of carbonyl (C=O) groups is 2. The van der Waals surface area contributed by atoms with Crippen molar-refractivity contribution in [2.24, 2.45) is 5.92 Å². The van der Waals surface area contributed by atoms with E-state index in [1.807, 2.05) is 4.90 Å². The second-order valence-electron chi connectivity index (χ2n) is 6.01. The number of likely N-dealkylation sites (tertiary alicyclic amines) is 1. The van der Waals surface area contributed by atoms with E-state index >= 15 is 0 Å². The van der Waals surface area contributed by atoms with Gasteiger partial charge in [-0.1, -0.05) is 19.0 Å². The van der Waals surface area contributed by atoms with Crippen LogP contribution in [0.2, 0.25) is 0 Å². The number of piperidine rings is 1. The first kappa shape index (κ1) is 15.5. The van der Waals surface area contributed by atoms with Gasteiger partial charge in [0.05, 0.1) is 5.69 Å². The molecule has 0 unspecified atom stereocenters. The Labute approximate surface area is 124 Å². The van der Waals surface area contributed by atoms with Crippen molar-refractivity contribution >= 4 is 11.9 Å². The number of amides is 1. The van der Waals surface area contributed by atoms with E-state index in [1.165, 1.54) is 6.07 Å². The molecule has 1 fully saturated rings. The molecule has 0 radical (unpaired) electrons. The van der Waals surface area contributed by atoms with E-state index in [-0.39, 0.29) is 17.6 Å². The summed E-state index contributed by atoms with van der Waals surface area (Å²) in [5, 5.41) is 12.7. The van der Waals surface area contributed by atoms with Gasteiger partial charge in [-0.25, -0.2) is 4.79 Å². The first-order valence-corrected chi connectivity index (χ1v) is 7.45. The second kappa shape index (κ2) is 6.74. The van der Waals surface area contributed by atoms with Crippen molar-refractivity contribution in [1.29, 1.82) is 0 Å². The van der Waals surface area contributed by atoms with E-state index < -0.39 is 5.97 Å². The number of carboxylic acid groups (broad SMARTS) is 1. The minimum absolute atomic E-state index is 0.125. The lowest BCUT2D eigenvalue weighted by molar-refractivity contribution is -0.132. The lowest BCUT2D eigenvalue weighted by atomic mass is 9.93. The summed E-state index contributed by atoms with van der Waals surface area (Å²) >= 11 is 0. The molecule has 6 heteroatoms. The zero-order valence-electron chi connectivity index (χ0n) is 12.5. The first-order chi connectivity index (χ1) is 9.97. The van der Waals surface area contributed by atoms with E-state index in [1.54, 1.807) is 0 Å². The van der Waals surface area contributed by atoms with Gasteiger partial charge in [-0.15, -0.1) is 0 Å². The van der Waals surface area contributed by atoms with Gasteiger partial charge < -0.3 is 14.5 Å². The maximum absolute atomic E-state index is 12.1. The molecule has 0 aliphatic carbocycles. The molecule has 2 rings (SSSR count). The van der Waals surface area contributed by atoms with E-state index in [0.29, 0.717) is 31.1 Å². The van der Waals surface area contributed by atoms with Crippen molar-refractivity contribution in [1.82, 2.24) is 10.1 Å². The molecule has 1 aromatic heterocycles. The minimum Gasteiger partial charge on any atom is -0.475 e. The molecule has 0 atom stereocenters. The zero-order valence-corrected chi connectivity index (χ0v) is 12.5. The Bertz CT molecular complexity index is 502. The molecule has 21 heavy (non-hydrogen) atoms. The summed E-state index contributed by atoms with van der Waals surface area (Å²) < 4.78 is 4.79. The highest BCUT2D eigenvalue weighted by Gasteiger charge is 2.26. The predicted octanol–water partition coefficient (Wildman–Crippen LogP) is 2.52. The summed E-state index contributed by atoms with van der Waals surface area (Å²) in [4.78, 5) is 24.7. The van der Waals surface area contributed by atoms with Gasteiger partial charge in [0.2, 0.25) is 11.7 Å². The van der Waals surface area contributed by atoms with Crippen LogP contribution in [0.25, 0.3) is 0 Å². The zero-order chi connectivity index (χ0) is 15.4. The third-order valence-corrected chi connectivity index (χ3v) is 3.94. The van der Waals surface area contributed by atoms with Gasteiger partial charge in [0, 0.05) is 31.5 Å². The smallest absolute Gasteiger partial charge is 0.374 e. The summed E-state index contributed by atoms with van der Waals surface area (Å²) in [7, 11) is 0. The SMILES string of the molecule is CC(C)CCC(=O)N1CCC(c2cc(C(=O)O)on2)CC1. The number of aromatic nitrogens is 1. The second-order valence-corrected chi connectivity index (χ2v) is 6.01. The quantitative estimate of drug-likeness (QED) is 0.902. The van der Waals surface area contributed by atoms with Crippen LogP contribution in [-0.2, 0) is 4.79 Å². The molecular weight excluding hydrogens is 272 g/mol. The number of rotatable bonds is 5. The van der Waals surface area contributed by atoms with Crippen molar-refractivity contribution in [3.63, 3.8) is 0 Å². The number of carboxylic acids is 1. The van der Waals surface area contributed by atoms with Gasteiger partial charge in [-0.05, 0) is 25.2 Å². The molecule has 0 aromatic carbocycles. The van der Waals surface area contributed by atoms with E-state index in [4.69, 9.17) is 9.63 Å². The topological polar surface area (TPSA) is 83.6 Å². The van der Waals surface area contributed by atoms with Crippen molar-refractivity contribution in [3.05, 3.63) is 17.5 Å². The number of hydrogen-bond donors (Lipinski definition) is 1. The van der Waals surface area contributed by atoms with Gasteiger partial charge in [0.15, 0.2) is 0 Å². The molecular formula is C15H22N2O4. The molecule has 1 aliphatic rings. The third kappa shape index (κ3) is 4.06. The van der Waals surface area contributed by atoms with Gasteiger partial charge in [-0.2, -0.15) is 0 Å². The number of hydrogen-bond acceptors (Lipinski definition) is 4. The van der Waals surface area contributed by atoms with Crippen LogP contribution in [-0.4, -0.2) is 40.1 Å².